The highest BCUT2D eigenvalue weighted by Crippen LogP contribution is 2.32. The Labute approximate surface area is 256 Å². The molecule has 0 aliphatic carbocycles. The number of aliphatic hydroxyl groups is 8. The van der Waals surface area contributed by atoms with Gasteiger partial charge in [-0.1, -0.05) is 29.3 Å². The number of hydrogen-bond acceptors (Lipinski definition) is 16. The molecule has 2 unspecified atom stereocenters. The van der Waals surface area contributed by atoms with Crippen molar-refractivity contribution in [2.75, 3.05) is 19.8 Å². The highest BCUT2D eigenvalue weighted by atomic mass is 35.5. The molecule has 16 nitrogen and oxygen atoms in total. The molecule has 15 atom stereocenters. The molecule has 246 valence electrons. The van der Waals surface area contributed by atoms with Crippen molar-refractivity contribution >= 4 is 23.2 Å². The number of nitrogens with one attached hydrogen (secondary N) is 1. The monoisotopic (exact) mass is 659 g/mol. The standard InChI is InChI=1S/C25H39Cl2N3O13/c26-9-2-1-8(10(27)3-9)4-30-16-20(37)22(42-24-15(29)18(35)17(34)11(5-31)40-24)13(7-33)41-25(16)43-21-12(6-32)39-23(38)14(28)19(21)36/h1-3,11-25,30-38H,4-7,28-29H2/t11-,12-,13-,14-,15-,16-,17-,18-,19-,20-,21?,22?,23-,24+,25+/m1/s1. The van der Waals surface area contributed by atoms with Gasteiger partial charge in [-0.2, -0.15) is 0 Å². The van der Waals surface area contributed by atoms with Crippen LogP contribution in [0, 0.1) is 0 Å². The predicted octanol–water partition coefficient (Wildman–Crippen LogP) is -4.54. The third kappa shape index (κ3) is 7.60. The van der Waals surface area contributed by atoms with Crippen LogP contribution in [0.25, 0.3) is 0 Å². The van der Waals surface area contributed by atoms with Crippen LogP contribution in [0.5, 0.6) is 0 Å². The number of aliphatic hydroxyl groups excluding tert-OH is 8. The summed E-state index contributed by atoms with van der Waals surface area (Å²) in [5.41, 5.74) is 12.4. The summed E-state index contributed by atoms with van der Waals surface area (Å²) in [4.78, 5) is 0. The molecule has 18 heteroatoms. The summed E-state index contributed by atoms with van der Waals surface area (Å²) in [6.07, 6.45) is -17.2. The van der Waals surface area contributed by atoms with Crippen LogP contribution in [-0.2, 0) is 30.2 Å². The van der Waals surface area contributed by atoms with E-state index in [1.807, 2.05) is 0 Å². The molecule has 43 heavy (non-hydrogen) atoms. The van der Waals surface area contributed by atoms with Gasteiger partial charge in [0.05, 0.1) is 37.9 Å². The van der Waals surface area contributed by atoms with E-state index in [0.717, 1.165) is 0 Å². The van der Waals surface area contributed by atoms with Crippen molar-refractivity contribution in [1.29, 1.82) is 0 Å². The highest BCUT2D eigenvalue weighted by Gasteiger charge is 2.53. The van der Waals surface area contributed by atoms with Gasteiger partial charge in [-0.05, 0) is 17.7 Å². The van der Waals surface area contributed by atoms with Crippen molar-refractivity contribution < 1.29 is 64.5 Å². The fourth-order valence-corrected chi connectivity index (χ4v) is 5.74. The number of halogens is 2. The van der Waals surface area contributed by atoms with Crippen molar-refractivity contribution in [2.24, 2.45) is 11.5 Å². The molecule has 1 aromatic rings. The SMILES string of the molecule is N[C@H]1[C@H](OC2[C@@H](CO)O[C@@H](OC3[C@@H](CO)O[C@@H](O)[C@H](N)[C@H]3O)[C@H](NCc3ccc(Cl)cc3Cl)[C@H]2O)O[C@H](CO)[C@@H](O)[C@@H]1O. The van der Waals surface area contributed by atoms with Crippen molar-refractivity contribution in [3.05, 3.63) is 33.8 Å². The van der Waals surface area contributed by atoms with Crippen LogP contribution < -0.4 is 16.8 Å². The lowest BCUT2D eigenvalue weighted by atomic mass is 9.94. The Bertz CT molecular complexity index is 1050. The topological polar surface area (TPSA) is 272 Å². The van der Waals surface area contributed by atoms with E-state index in [1.165, 1.54) is 6.07 Å². The number of benzene rings is 1. The van der Waals surface area contributed by atoms with E-state index < -0.39 is 112 Å². The molecule has 3 heterocycles. The van der Waals surface area contributed by atoms with Crippen molar-refractivity contribution in [1.82, 2.24) is 5.32 Å². The van der Waals surface area contributed by atoms with Gasteiger partial charge < -0.3 is 81.3 Å². The minimum atomic E-state index is -1.59. The zero-order valence-corrected chi connectivity index (χ0v) is 24.3. The molecule has 0 saturated carbocycles. The van der Waals surface area contributed by atoms with Gasteiger partial charge in [0.15, 0.2) is 18.9 Å². The second-order valence-corrected chi connectivity index (χ2v) is 11.5. The number of ether oxygens (including phenoxy) is 5. The average Bonchev–Trinajstić information content (AvgIpc) is 2.98. The summed E-state index contributed by atoms with van der Waals surface area (Å²) in [6, 6.07) is 0.946. The Morgan fingerprint density at radius 3 is 1.93 bits per heavy atom. The predicted molar refractivity (Wildman–Crippen MR) is 146 cm³/mol. The van der Waals surface area contributed by atoms with Crippen molar-refractivity contribution in [2.45, 2.75) is 98.5 Å². The zero-order chi connectivity index (χ0) is 31.6. The van der Waals surface area contributed by atoms with Gasteiger partial charge in [-0.3, -0.25) is 0 Å². The molecular formula is C25H39Cl2N3O13. The summed E-state index contributed by atoms with van der Waals surface area (Å²) in [5, 5.41) is 86.1. The largest absolute Gasteiger partial charge is 0.394 e. The van der Waals surface area contributed by atoms with Crippen LogP contribution in [0.15, 0.2) is 18.2 Å². The minimum Gasteiger partial charge on any atom is -0.394 e. The Kier molecular flexibility index (Phi) is 12.4. The molecule has 4 rings (SSSR count). The smallest absolute Gasteiger partial charge is 0.176 e. The Morgan fingerprint density at radius 1 is 0.721 bits per heavy atom. The molecule has 0 spiro atoms. The Hall–Kier alpha value is -0.840. The van der Waals surface area contributed by atoms with Crippen LogP contribution in [0.1, 0.15) is 5.56 Å². The molecule has 3 aliphatic heterocycles. The van der Waals surface area contributed by atoms with Crippen LogP contribution in [0.4, 0.5) is 0 Å². The molecule has 0 radical (unpaired) electrons. The first-order valence-corrected chi connectivity index (χ1v) is 14.4. The summed E-state index contributed by atoms with van der Waals surface area (Å²) >= 11 is 12.3. The van der Waals surface area contributed by atoms with Crippen LogP contribution in [0.2, 0.25) is 10.0 Å². The number of rotatable bonds is 10. The maximum absolute atomic E-state index is 11.6. The van der Waals surface area contributed by atoms with Gasteiger partial charge >= 0.3 is 0 Å². The molecule has 3 aliphatic rings. The maximum atomic E-state index is 11.6. The van der Waals surface area contributed by atoms with E-state index in [9.17, 15) is 40.9 Å². The minimum absolute atomic E-state index is 0.0276. The molecule has 3 fully saturated rings. The fraction of sp³-hybridized carbons (Fsp3) is 0.760. The summed E-state index contributed by atoms with van der Waals surface area (Å²) in [5.74, 6) is 0. The van der Waals surface area contributed by atoms with Crippen LogP contribution >= 0.6 is 23.2 Å². The van der Waals surface area contributed by atoms with Crippen LogP contribution in [0.3, 0.4) is 0 Å². The molecular weight excluding hydrogens is 621 g/mol. The zero-order valence-electron chi connectivity index (χ0n) is 22.8. The van der Waals surface area contributed by atoms with E-state index >= 15 is 0 Å². The molecule has 3 saturated heterocycles. The fourth-order valence-electron chi connectivity index (χ4n) is 5.27. The number of nitrogens with two attached hydrogens (primary N) is 2. The molecule has 13 N–H and O–H groups in total. The lowest BCUT2D eigenvalue weighted by Crippen LogP contribution is -2.69. The second-order valence-electron chi connectivity index (χ2n) is 10.7. The third-order valence-electron chi connectivity index (χ3n) is 7.83. The summed E-state index contributed by atoms with van der Waals surface area (Å²) in [7, 11) is 0. The summed E-state index contributed by atoms with van der Waals surface area (Å²) in [6.45, 7) is -2.04. The average molecular weight is 661 g/mol. The van der Waals surface area contributed by atoms with E-state index in [2.05, 4.69) is 5.32 Å². The highest BCUT2D eigenvalue weighted by molar-refractivity contribution is 6.35. The third-order valence-corrected chi connectivity index (χ3v) is 8.41. The van der Waals surface area contributed by atoms with E-state index in [4.69, 9.17) is 58.4 Å². The maximum Gasteiger partial charge on any atom is 0.176 e. The van der Waals surface area contributed by atoms with Crippen molar-refractivity contribution in [3.63, 3.8) is 0 Å². The second kappa shape index (κ2) is 15.2. The van der Waals surface area contributed by atoms with E-state index in [1.54, 1.807) is 12.1 Å². The molecule has 0 amide bonds. The van der Waals surface area contributed by atoms with Gasteiger partial charge in [-0.25, -0.2) is 0 Å². The Balaban J connectivity index is 1.60. The Morgan fingerprint density at radius 2 is 1.30 bits per heavy atom. The lowest BCUT2D eigenvalue weighted by molar-refractivity contribution is -0.350. The van der Waals surface area contributed by atoms with Gasteiger partial charge in [0.2, 0.25) is 0 Å². The normalized spacial score (nSPS) is 44.0. The number of hydrogen-bond donors (Lipinski definition) is 11. The van der Waals surface area contributed by atoms with Crippen molar-refractivity contribution in [3.8, 4) is 0 Å². The van der Waals surface area contributed by atoms with Gasteiger partial charge in [0, 0.05) is 16.6 Å². The molecule has 1 aromatic carbocycles. The molecule has 0 bridgehead atoms. The molecule has 0 aromatic heterocycles. The van der Waals surface area contributed by atoms with Gasteiger partial charge in [-0.15, -0.1) is 0 Å². The van der Waals surface area contributed by atoms with E-state index in [-0.39, 0.29) is 6.54 Å². The first-order valence-electron chi connectivity index (χ1n) is 13.6. The lowest BCUT2D eigenvalue weighted by Gasteiger charge is -2.49. The van der Waals surface area contributed by atoms with Crippen LogP contribution in [-0.4, -0.2) is 153 Å². The first-order chi connectivity index (χ1) is 20.4. The summed E-state index contributed by atoms with van der Waals surface area (Å²) < 4.78 is 28.7. The first kappa shape index (κ1) is 35.0. The van der Waals surface area contributed by atoms with E-state index in [0.29, 0.717) is 15.6 Å². The van der Waals surface area contributed by atoms with Gasteiger partial charge in [0.25, 0.3) is 0 Å². The van der Waals surface area contributed by atoms with Gasteiger partial charge in [0.1, 0.15) is 54.9 Å². The quantitative estimate of drug-likeness (QED) is 0.113.